The van der Waals surface area contributed by atoms with E-state index in [-0.39, 0.29) is 10.9 Å². The Bertz CT molecular complexity index is 892. The van der Waals surface area contributed by atoms with Crippen molar-refractivity contribution in [2.24, 2.45) is 0 Å². The monoisotopic (exact) mass is 374 g/mol. The maximum atomic E-state index is 12.2. The lowest BCUT2D eigenvalue weighted by atomic mass is 10.2. The Morgan fingerprint density at radius 1 is 1.12 bits per heavy atom. The summed E-state index contributed by atoms with van der Waals surface area (Å²) in [5.74, 6) is 1.06. The topological polar surface area (TPSA) is 55.1 Å². The summed E-state index contributed by atoms with van der Waals surface area (Å²) in [7, 11) is 0. The molecule has 128 valence electrons. The van der Waals surface area contributed by atoms with E-state index in [1.165, 1.54) is 0 Å². The smallest absolute Gasteiger partial charge is 0.252 e. The molecule has 3 aromatic rings. The second-order valence-corrected chi connectivity index (χ2v) is 6.28. The lowest BCUT2D eigenvalue weighted by molar-refractivity contribution is 0.0954. The van der Waals surface area contributed by atoms with Crippen LogP contribution in [0.3, 0.4) is 0 Å². The van der Waals surface area contributed by atoms with Gasteiger partial charge in [0.05, 0.1) is 21.3 Å². The molecule has 0 aliphatic rings. The molecule has 0 bridgehead atoms. The van der Waals surface area contributed by atoms with Crippen LogP contribution in [0.4, 0.5) is 0 Å². The fourth-order valence-corrected chi connectivity index (χ4v) is 2.82. The summed E-state index contributed by atoms with van der Waals surface area (Å²) in [5, 5.41) is 3.44. The lowest BCUT2D eigenvalue weighted by Gasteiger charge is -2.07. The summed E-state index contributed by atoms with van der Waals surface area (Å²) in [5.41, 5.74) is 2.10. The van der Waals surface area contributed by atoms with Gasteiger partial charge in [0.1, 0.15) is 5.76 Å². The quantitative estimate of drug-likeness (QED) is 0.688. The van der Waals surface area contributed by atoms with Gasteiger partial charge in [-0.3, -0.25) is 4.79 Å². The summed E-state index contributed by atoms with van der Waals surface area (Å²) in [6, 6.07) is 14.7. The minimum Gasteiger partial charge on any atom is -0.441 e. The fraction of sp³-hybridized carbons (Fsp3) is 0.158. The number of hydrogen-bond donors (Lipinski definition) is 1. The highest BCUT2D eigenvalue weighted by Gasteiger charge is 2.14. The second-order valence-electron chi connectivity index (χ2n) is 5.50. The molecule has 0 aliphatic carbocycles. The number of amides is 1. The molecule has 3 rings (SSSR count). The Balaban J connectivity index is 1.64. The maximum Gasteiger partial charge on any atom is 0.252 e. The first-order chi connectivity index (χ1) is 12.1. The normalized spacial score (nSPS) is 10.7. The fourth-order valence-electron chi connectivity index (χ4n) is 2.43. The molecule has 0 unspecified atom stereocenters. The van der Waals surface area contributed by atoms with Crippen molar-refractivity contribution in [1.29, 1.82) is 0 Å². The number of aromatic nitrogens is 1. The van der Waals surface area contributed by atoms with E-state index in [1.807, 2.05) is 37.3 Å². The predicted molar refractivity (Wildman–Crippen MR) is 99.2 cm³/mol. The van der Waals surface area contributed by atoms with Gasteiger partial charge in [0.2, 0.25) is 5.89 Å². The van der Waals surface area contributed by atoms with Crippen LogP contribution in [0.25, 0.3) is 11.5 Å². The van der Waals surface area contributed by atoms with Crippen molar-refractivity contribution in [2.75, 3.05) is 6.54 Å². The maximum absolute atomic E-state index is 12.2. The third-order valence-corrected chi connectivity index (χ3v) is 4.58. The van der Waals surface area contributed by atoms with E-state index >= 15 is 0 Å². The van der Waals surface area contributed by atoms with Crippen LogP contribution in [0, 0.1) is 6.92 Å². The summed E-state index contributed by atoms with van der Waals surface area (Å²) in [4.78, 5) is 16.7. The average molecular weight is 375 g/mol. The number of aryl methyl sites for hydroxylation is 1. The molecule has 1 aromatic heterocycles. The van der Waals surface area contributed by atoms with E-state index in [9.17, 15) is 4.79 Å². The Hall–Kier alpha value is -2.30. The number of nitrogens with one attached hydrogen (secondary N) is 1. The van der Waals surface area contributed by atoms with Crippen molar-refractivity contribution in [3.05, 3.63) is 75.6 Å². The zero-order chi connectivity index (χ0) is 17.8. The lowest BCUT2D eigenvalue weighted by Crippen LogP contribution is -2.26. The molecule has 0 aliphatic heterocycles. The highest BCUT2D eigenvalue weighted by Crippen LogP contribution is 2.25. The number of rotatable bonds is 5. The minimum atomic E-state index is -0.267. The first-order valence-corrected chi connectivity index (χ1v) is 8.56. The van der Waals surface area contributed by atoms with Gasteiger partial charge in [-0.25, -0.2) is 4.98 Å². The molecular weight excluding hydrogens is 359 g/mol. The van der Waals surface area contributed by atoms with Gasteiger partial charge < -0.3 is 9.73 Å². The van der Waals surface area contributed by atoms with Gasteiger partial charge in [-0.2, -0.15) is 0 Å². The Morgan fingerprint density at radius 3 is 2.64 bits per heavy atom. The van der Waals surface area contributed by atoms with E-state index < -0.39 is 0 Å². The third-order valence-electron chi connectivity index (χ3n) is 3.76. The Labute approximate surface area is 155 Å². The van der Waals surface area contributed by atoms with Crippen LogP contribution in [0.2, 0.25) is 10.0 Å². The van der Waals surface area contributed by atoms with Gasteiger partial charge in [0.15, 0.2) is 0 Å². The van der Waals surface area contributed by atoms with Crippen LogP contribution in [0.15, 0.2) is 52.9 Å². The van der Waals surface area contributed by atoms with Crippen molar-refractivity contribution in [2.45, 2.75) is 13.3 Å². The van der Waals surface area contributed by atoms with Crippen LogP contribution in [0.1, 0.15) is 21.8 Å². The molecule has 6 heteroatoms. The SMILES string of the molecule is Cc1oc(-c2ccccc2)nc1CCNC(=O)c1cccc(Cl)c1Cl. The zero-order valence-electron chi connectivity index (χ0n) is 13.6. The van der Waals surface area contributed by atoms with Crippen LogP contribution >= 0.6 is 23.2 Å². The molecule has 1 N–H and O–H groups in total. The third kappa shape index (κ3) is 4.03. The number of hydrogen-bond acceptors (Lipinski definition) is 3. The van der Waals surface area contributed by atoms with E-state index in [0.717, 1.165) is 17.0 Å². The van der Waals surface area contributed by atoms with Crippen LogP contribution < -0.4 is 5.32 Å². The molecule has 1 heterocycles. The largest absolute Gasteiger partial charge is 0.441 e. The first kappa shape index (κ1) is 17.5. The van der Waals surface area contributed by atoms with Crippen molar-refractivity contribution < 1.29 is 9.21 Å². The van der Waals surface area contributed by atoms with Crippen LogP contribution in [0.5, 0.6) is 0 Å². The van der Waals surface area contributed by atoms with Gasteiger partial charge in [-0.15, -0.1) is 0 Å². The van der Waals surface area contributed by atoms with Crippen LogP contribution in [-0.2, 0) is 6.42 Å². The van der Waals surface area contributed by atoms with Gasteiger partial charge in [0, 0.05) is 18.5 Å². The van der Waals surface area contributed by atoms with Crippen molar-refractivity contribution >= 4 is 29.1 Å². The van der Waals surface area contributed by atoms with Gasteiger partial charge in [0.25, 0.3) is 5.91 Å². The van der Waals surface area contributed by atoms with Crippen LogP contribution in [-0.4, -0.2) is 17.4 Å². The van der Waals surface area contributed by atoms with Crippen molar-refractivity contribution in [3.8, 4) is 11.5 Å². The first-order valence-electron chi connectivity index (χ1n) is 7.80. The van der Waals surface area contributed by atoms with Gasteiger partial charge in [-0.05, 0) is 31.2 Å². The molecule has 0 spiro atoms. The van der Waals surface area contributed by atoms with Crippen molar-refractivity contribution in [3.63, 3.8) is 0 Å². The van der Waals surface area contributed by atoms with E-state index in [4.69, 9.17) is 27.6 Å². The average Bonchev–Trinajstić information content (AvgIpc) is 2.99. The van der Waals surface area contributed by atoms with E-state index in [0.29, 0.717) is 29.4 Å². The number of nitrogens with zero attached hydrogens (tertiary/aromatic N) is 1. The zero-order valence-corrected chi connectivity index (χ0v) is 15.1. The Morgan fingerprint density at radius 2 is 1.88 bits per heavy atom. The summed E-state index contributed by atoms with van der Waals surface area (Å²) < 4.78 is 5.72. The molecule has 0 atom stereocenters. The standard InChI is InChI=1S/C19H16Cl2N2O2/c1-12-16(23-19(25-12)13-6-3-2-4-7-13)10-11-22-18(24)14-8-5-9-15(20)17(14)21/h2-9H,10-11H2,1H3,(H,22,24). The highest BCUT2D eigenvalue weighted by molar-refractivity contribution is 6.43. The molecule has 4 nitrogen and oxygen atoms in total. The molecule has 0 fully saturated rings. The van der Waals surface area contributed by atoms with E-state index in [2.05, 4.69) is 10.3 Å². The summed E-state index contributed by atoms with van der Waals surface area (Å²) in [6.45, 7) is 2.29. The molecule has 25 heavy (non-hydrogen) atoms. The second kappa shape index (κ2) is 7.72. The molecule has 2 aromatic carbocycles. The molecule has 0 radical (unpaired) electrons. The Kier molecular flexibility index (Phi) is 5.41. The van der Waals surface area contributed by atoms with Gasteiger partial charge >= 0.3 is 0 Å². The molecule has 0 saturated heterocycles. The number of halogens is 2. The highest BCUT2D eigenvalue weighted by atomic mass is 35.5. The van der Waals surface area contributed by atoms with E-state index in [1.54, 1.807) is 18.2 Å². The van der Waals surface area contributed by atoms with Crippen molar-refractivity contribution in [1.82, 2.24) is 10.3 Å². The summed E-state index contributed by atoms with van der Waals surface area (Å²) >= 11 is 12.0. The summed E-state index contributed by atoms with van der Waals surface area (Å²) in [6.07, 6.45) is 0.562. The molecular formula is C19H16Cl2N2O2. The number of oxazole rings is 1. The van der Waals surface area contributed by atoms with Gasteiger partial charge in [-0.1, -0.05) is 47.5 Å². The minimum absolute atomic E-state index is 0.255. The number of carbonyl (C=O) groups is 1. The number of benzene rings is 2. The molecule has 1 amide bonds. The predicted octanol–water partition coefficient (Wildman–Crippen LogP) is 4.93. The molecule has 0 saturated carbocycles. The number of carbonyl (C=O) groups excluding carboxylic acids is 1.